The van der Waals surface area contributed by atoms with E-state index >= 15 is 0 Å². The van der Waals surface area contributed by atoms with Crippen molar-refractivity contribution in [1.29, 1.82) is 0 Å². The molecule has 1 aromatic rings. The number of thiazole rings is 1. The molecular weight excluding hydrogens is 218 g/mol. The van der Waals surface area contributed by atoms with Gasteiger partial charge in [0.1, 0.15) is 4.88 Å². The van der Waals surface area contributed by atoms with Crippen molar-refractivity contribution in [2.45, 2.75) is 13.8 Å². The largest absolute Gasteiger partial charge is 0.330 e. The molecule has 0 saturated heterocycles. The first kappa shape index (κ1) is 11.4. The Balaban J connectivity index is 3.14. The number of nitrogens with two attached hydrogens (primary N) is 1. The van der Waals surface area contributed by atoms with Crippen molar-refractivity contribution in [1.82, 2.24) is 9.58 Å². The van der Waals surface area contributed by atoms with Gasteiger partial charge in [-0.15, -0.1) is 0 Å². The number of hydrogen-bond acceptors (Lipinski definition) is 4. The average molecular weight is 231 g/mol. The summed E-state index contributed by atoms with van der Waals surface area (Å²) in [7, 11) is 1.84. The Hall–Kier alpha value is -0.720. The van der Waals surface area contributed by atoms with Crippen molar-refractivity contribution in [3.8, 4) is 0 Å². The van der Waals surface area contributed by atoms with Gasteiger partial charge >= 0.3 is 0 Å². The molecule has 78 valence electrons. The molecule has 0 fully saturated rings. The SMILES string of the molecule is CCN(N)C(=O)c1sc(=S)n(C)c1C. The van der Waals surface area contributed by atoms with Crippen LogP contribution >= 0.6 is 23.6 Å². The topological polar surface area (TPSA) is 51.3 Å². The molecule has 0 aromatic carbocycles. The summed E-state index contributed by atoms with van der Waals surface area (Å²) in [4.78, 5) is 12.3. The molecule has 6 heteroatoms. The molecule has 0 atom stereocenters. The van der Waals surface area contributed by atoms with Crippen LogP contribution in [0.2, 0.25) is 0 Å². The highest BCUT2D eigenvalue weighted by Gasteiger charge is 2.17. The predicted molar refractivity (Wildman–Crippen MR) is 59.8 cm³/mol. The predicted octanol–water partition coefficient (Wildman–Crippen LogP) is 1.46. The zero-order valence-corrected chi connectivity index (χ0v) is 10.0. The lowest BCUT2D eigenvalue weighted by atomic mass is 10.3. The number of aromatic nitrogens is 1. The molecule has 1 rings (SSSR count). The zero-order chi connectivity index (χ0) is 10.9. The molecule has 1 aromatic heterocycles. The van der Waals surface area contributed by atoms with E-state index in [0.717, 1.165) is 5.69 Å². The molecule has 0 aliphatic heterocycles. The minimum atomic E-state index is -0.165. The third-order valence-electron chi connectivity index (χ3n) is 2.09. The van der Waals surface area contributed by atoms with Crippen LogP contribution in [0.25, 0.3) is 0 Å². The number of nitrogens with zero attached hydrogens (tertiary/aromatic N) is 2. The number of hydrazine groups is 1. The summed E-state index contributed by atoms with van der Waals surface area (Å²) in [6.07, 6.45) is 0. The van der Waals surface area contributed by atoms with Crippen molar-refractivity contribution < 1.29 is 4.79 Å². The van der Waals surface area contributed by atoms with Crippen LogP contribution in [0, 0.1) is 10.9 Å². The van der Waals surface area contributed by atoms with Gasteiger partial charge in [-0.1, -0.05) is 11.3 Å². The van der Waals surface area contributed by atoms with Gasteiger partial charge < -0.3 is 4.57 Å². The van der Waals surface area contributed by atoms with Crippen LogP contribution in [-0.4, -0.2) is 22.0 Å². The van der Waals surface area contributed by atoms with Crippen molar-refractivity contribution in [2.24, 2.45) is 12.9 Å². The highest BCUT2D eigenvalue weighted by atomic mass is 32.1. The number of carbonyl (C=O) groups is 1. The van der Waals surface area contributed by atoms with Gasteiger partial charge in [0.25, 0.3) is 5.91 Å². The molecule has 0 unspecified atom stereocenters. The van der Waals surface area contributed by atoms with Crippen LogP contribution < -0.4 is 5.84 Å². The molecule has 1 heterocycles. The van der Waals surface area contributed by atoms with Gasteiger partial charge in [-0.05, 0) is 26.1 Å². The van der Waals surface area contributed by atoms with Crippen LogP contribution in [0.3, 0.4) is 0 Å². The van der Waals surface area contributed by atoms with Crippen molar-refractivity contribution in [3.05, 3.63) is 14.5 Å². The second-order valence-electron chi connectivity index (χ2n) is 2.93. The Kier molecular flexibility index (Phi) is 3.41. The highest BCUT2D eigenvalue weighted by molar-refractivity contribution is 7.73. The lowest BCUT2D eigenvalue weighted by Crippen LogP contribution is -2.37. The van der Waals surface area contributed by atoms with Crippen LogP contribution in [0.4, 0.5) is 0 Å². The third-order valence-corrected chi connectivity index (χ3v) is 3.74. The maximum Gasteiger partial charge on any atom is 0.279 e. The molecule has 0 saturated carbocycles. The van der Waals surface area contributed by atoms with E-state index in [2.05, 4.69) is 0 Å². The maximum absolute atomic E-state index is 11.7. The summed E-state index contributed by atoms with van der Waals surface area (Å²) < 4.78 is 2.51. The lowest BCUT2D eigenvalue weighted by molar-refractivity contribution is 0.0768. The Labute approximate surface area is 91.9 Å². The molecule has 0 radical (unpaired) electrons. The summed E-state index contributed by atoms with van der Waals surface area (Å²) in [5.74, 6) is 5.36. The maximum atomic E-state index is 11.7. The summed E-state index contributed by atoms with van der Waals surface area (Å²) in [5.41, 5.74) is 0.869. The van der Waals surface area contributed by atoms with Crippen molar-refractivity contribution in [2.75, 3.05) is 6.54 Å². The first-order valence-corrected chi connectivity index (χ1v) is 5.44. The second kappa shape index (κ2) is 4.20. The van der Waals surface area contributed by atoms with Gasteiger partial charge in [0.15, 0.2) is 3.95 Å². The van der Waals surface area contributed by atoms with E-state index in [1.165, 1.54) is 16.3 Å². The standard InChI is InChI=1S/C8H13N3OS2/c1-4-11(9)7(12)6-5(2)10(3)8(13)14-6/h4,9H2,1-3H3. The molecular formula is C8H13N3OS2. The quantitative estimate of drug-likeness (QED) is 0.363. The summed E-state index contributed by atoms with van der Waals surface area (Å²) >= 11 is 6.37. The van der Waals surface area contributed by atoms with E-state index in [0.29, 0.717) is 15.4 Å². The van der Waals surface area contributed by atoms with E-state index in [-0.39, 0.29) is 5.91 Å². The molecule has 2 N–H and O–H groups in total. The van der Waals surface area contributed by atoms with Gasteiger partial charge in [-0.25, -0.2) is 5.84 Å². The number of rotatable bonds is 2. The van der Waals surface area contributed by atoms with Crippen molar-refractivity contribution in [3.63, 3.8) is 0 Å². The van der Waals surface area contributed by atoms with Crippen LogP contribution in [0.5, 0.6) is 0 Å². The average Bonchev–Trinajstić information content (AvgIpc) is 2.43. The second-order valence-corrected chi connectivity index (χ2v) is 4.58. The molecule has 14 heavy (non-hydrogen) atoms. The molecule has 0 aliphatic rings. The van der Waals surface area contributed by atoms with E-state index in [1.807, 2.05) is 25.5 Å². The van der Waals surface area contributed by atoms with Gasteiger partial charge in [0.2, 0.25) is 0 Å². The molecule has 1 amide bonds. The minimum Gasteiger partial charge on any atom is -0.330 e. The highest BCUT2D eigenvalue weighted by Crippen LogP contribution is 2.18. The molecule has 0 bridgehead atoms. The Morgan fingerprint density at radius 2 is 2.29 bits per heavy atom. The van der Waals surface area contributed by atoms with Crippen molar-refractivity contribution >= 4 is 29.5 Å². The van der Waals surface area contributed by atoms with Crippen LogP contribution in [0.1, 0.15) is 22.3 Å². The fourth-order valence-corrected chi connectivity index (χ4v) is 2.32. The minimum absolute atomic E-state index is 0.165. The Bertz CT molecular complexity index is 407. The number of amides is 1. The molecule has 0 aliphatic carbocycles. The first-order valence-electron chi connectivity index (χ1n) is 4.22. The lowest BCUT2D eigenvalue weighted by Gasteiger charge is -2.12. The first-order chi connectivity index (χ1) is 6.49. The molecule has 0 spiro atoms. The van der Waals surface area contributed by atoms with Gasteiger partial charge in [-0.2, -0.15) is 0 Å². The number of hydrogen-bond donors (Lipinski definition) is 1. The van der Waals surface area contributed by atoms with Gasteiger partial charge in [0, 0.05) is 19.3 Å². The number of carbonyl (C=O) groups excluding carboxylic acids is 1. The van der Waals surface area contributed by atoms with E-state index in [4.69, 9.17) is 18.1 Å². The van der Waals surface area contributed by atoms with Gasteiger partial charge in [0.05, 0.1) is 0 Å². The molecule has 4 nitrogen and oxygen atoms in total. The Morgan fingerprint density at radius 3 is 2.64 bits per heavy atom. The summed E-state index contributed by atoms with van der Waals surface area (Å²) in [6, 6.07) is 0. The monoisotopic (exact) mass is 231 g/mol. The summed E-state index contributed by atoms with van der Waals surface area (Å²) in [5, 5.41) is 1.19. The van der Waals surface area contributed by atoms with E-state index in [1.54, 1.807) is 0 Å². The Morgan fingerprint density at radius 1 is 1.71 bits per heavy atom. The van der Waals surface area contributed by atoms with Crippen LogP contribution in [-0.2, 0) is 7.05 Å². The smallest absolute Gasteiger partial charge is 0.279 e. The fourth-order valence-electron chi connectivity index (χ4n) is 0.991. The fraction of sp³-hybridized carbons (Fsp3) is 0.500. The zero-order valence-electron chi connectivity index (χ0n) is 8.40. The third kappa shape index (κ3) is 1.87. The van der Waals surface area contributed by atoms with Crippen LogP contribution in [0.15, 0.2) is 0 Å². The van der Waals surface area contributed by atoms with E-state index in [9.17, 15) is 4.79 Å². The normalized spacial score (nSPS) is 10.3. The van der Waals surface area contributed by atoms with Gasteiger partial charge in [-0.3, -0.25) is 9.80 Å². The van der Waals surface area contributed by atoms with E-state index < -0.39 is 0 Å². The summed E-state index contributed by atoms with van der Waals surface area (Å²) in [6.45, 7) is 4.19.